The molecular weight excluding hydrogens is 711 g/mol. The second kappa shape index (κ2) is 12.1. The van der Waals surface area contributed by atoms with E-state index in [1.807, 2.05) is 18.3 Å². The highest BCUT2D eigenvalue weighted by atomic mass is 16.5. The topological polar surface area (TPSA) is 37.4 Å². The predicted molar refractivity (Wildman–Crippen MR) is 241 cm³/mol. The predicted octanol–water partition coefficient (Wildman–Crippen LogP) is 13.7. The maximum Gasteiger partial charge on any atom is 0.145 e. The van der Waals surface area contributed by atoms with E-state index in [0.717, 1.165) is 55.5 Å². The number of benzene rings is 7. The van der Waals surface area contributed by atoms with Crippen molar-refractivity contribution < 1.29 is 4.74 Å². The molecule has 58 heavy (non-hydrogen) atoms. The summed E-state index contributed by atoms with van der Waals surface area (Å²) >= 11 is 0. The summed E-state index contributed by atoms with van der Waals surface area (Å²) in [7, 11) is 0. The second-order valence-corrected chi connectivity index (χ2v) is 16.5. The standard InChI is InChI=1S/C52H39N5O/c1-52(2,3)33-23-25-34(26-24-33)54-32-55(46-21-7-6-20-45(46)54)35-12-8-13-36(30-35)58-37-27-28-39-41-17-10-22-47-50(41)57(48(39)31-37)51-43(18-11-29-53-51)42-16-9-15-40-38-14-4-5-19-44(38)56(47)49(40)42/h4-31H,32H2,1-3H3. The zero-order valence-electron chi connectivity index (χ0n) is 32.5. The summed E-state index contributed by atoms with van der Waals surface area (Å²) < 4.78 is 11.6. The summed E-state index contributed by atoms with van der Waals surface area (Å²) in [5.74, 6) is 1.54. The first kappa shape index (κ1) is 32.9. The number of ether oxygens (including phenoxy) is 1. The average Bonchev–Trinajstić information content (AvgIpc) is 3.91. The van der Waals surface area contributed by atoms with Crippen LogP contribution in [-0.2, 0) is 5.41 Å². The van der Waals surface area contributed by atoms with Gasteiger partial charge < -0.3 is 18.9 Å². The zero-order chi connectivity index (χ0) is 38.7. The van der Waals surface area contributed by atoms with Gasteiger partial charge in [0, 0.05) is 62.0 Å². The van der Waals surface area contributed by atoms with E-state index >= 15 is 0 Å². The number of pyridine rings is 1. The highest BCUT2D eigenvalue weighted by Crippen LogP contribution is 2.46. The molecule has 6 heteroatoms. The van der Waals surface area contributed by atoms with Gasteiger partial charge in [-0.2, -0.15) is 0 Å². The van der Waals surface area contributed by atoms with Crippen LogP contribution < -0.4 is 14.5 Å². The van der Waals surface area contributed by atoms with Crippen molar-refractivity contribution in [2.45, 2.75) is 26.2 Å². The zero-order valence-corrected chi connectivity index (χ0v) is 32.5. The Morgan fingerprint density at radius 1 is 0.466 bits per heavy atom. The molecule has 12 rings (SSSR count). The largest absolute Gasteiger partial charge is 0.457 e. The van der Waals surface area contributed by atoms with Crippen LogP contribution in [-0.4, -0.2) is 20.5 Å². The van der Waals surface area contributed by atoms with Crippen molar-refractivity contribution in [1.29, 1.82) is 0 Å². The number of fused-ring (bicyclic) bond motifs is 11. The molecule has 278 valence electrons. The monoisotopic (exact) mass is 749 g/mol. The molecule has 0 spiro atoms. The lowest BCUT2D eigenvalue weighted by Crippen LogP contribution is -2.24. The Bertz CT molecular complexity index is 3460. The van der Waals surface area contributed by atoms with Gasteiger partial charge in [0.1, 0.15) is 23.8 Å². The van der Waals surface area contributed by atoms with Crippen LogP contribution in [0, 0.1) is 0 Å². The lowest BCUT2D eigenvalue weighted by atomic mass is 9.87. The van der Waals surface area contributed by atoms with Crippen molar-refractivity contribution in [3.63, 3.8) is 0 Å². The van der Waals surface area contributed by atoms with Gasteiger partial charge in [0.15, 0.2) is 0 Å². The van der Waals surface area contributed by atoms with Crippen molar-refractivity contribution >= 4 is 88.3 Å². The molecule has 6 nitrogen and oxygen atoms in total. The van der Waals surface area contributed by atoms with Crippen molar-refractivity contribution in [2.24, 2.45) is 0 Å². The third-order valence-corrected chi connectivity index (χ3v) is 12.1. The number of anilines is 4. The van der Waals surface area contributed by atoms with Crippen LogP contribution in [0.25, 0.3) is 65.5 Å². The quantitative estimate of drug-likeness (QED) is 0.180. The number of rotatable bonds is 4. The van der Waals surface area contributed by atoms with Gasteiger partial charge in [0.25, 0.3) is 0 Å². The number of hydrogen-bond acceptors (Lipinski definition) is 4. The highest BCUT2D eigenvalue weighted by Gasteiger charge is 2.28. The summed E-state index contributed by atoms with van der Waals surface area (Å²) in [4.78, 5) is 9.87. The number of aromatic nitrogens is 3. The summed E-state index contributed by atoms with van der Waals surface area (Å²) in [6, 6.07) is 58.9. The maximum atomic E-state index is 6.79. The molecule has 0 fully saturated rings. The van der Waals surface area contributed by atoms with Crippen LogP contribution >= 0.6 is 0 Å². The molecule has 11 aromatic rings. The molecule has 0 saturated carbocycles. The Labute approximate surface area is 335 Å². The first-order valence-corrected chi connectivity index (χ1v) is 20.0. The summed E-state index contributed by atoms with van der Waals surface area (Å²) in [5.41, 5.74) is 12.6. The minimum Gasteiger partial charge on any atom is -0.457 e. The number of para-hydroxylation sites is 5. The van der Waals surface area contributed by atoms with Gasteiger partial charge in [-0.15, -0.1) is 0 Å². The van der Waals surface area contributed by atoms with E-state index in [0.29, 0.717) is 6.67 Å². The Hall–Kier alpha value is -7.31. The fourth-order valence-electron chi connectivity index (χ4n) is 9.41. The van der Waals surface area contributed by atoms with Gasteiger partial charge in [-0.25, -0.2) is 4.98 Å². The second-order valence-electron chi connectivity index (χ2n) is 16.5. The smallest absolute Gasteiger partial charge is 0.145 e. The molecule has 0 bridgehead atoms. The van der Waals surface area contributed by atoms with Gasteiger partial charge in [0.05, 0.1) is 39.0 Å². The van der Waals surface area contributed by atoms with Crippen LogP contribution in [0.5, 0.6) is 11.5 Å². The fraction of sp³-hybridized carbons (Fsp3) is 0.0962. The molecule has 1 aliphatic rings. The number of hydrogen-bond donors (Lipinski definition) is 0. The van der Waals surface area contributed by atoms with Crippen LogP contribution in [0.15, 0.2) is 170 Å². The molecule has 0 aliphatic carbocycles. The van der Waals surface area contributed by atoms with E-state index < -0.39 is 0 Å². The molecule has 0 N–H and O–H groups in total. The van der Waals surface area contributed by atoms with Crippen molar-refractivity contribution in [3.8, 4) is 11.5 Å². The third-order valence-electron chi connectivity index (χ3n) is 12.1. The molecule has 0 amide bonds. The lowest BCUT2D eigenvalue weighted by Gasteiger charge is -2.24. The minimum absolute atomic E-state index is 0.102. The highest BCUT2D eigenvalue weighted by molar-refractivity contribution is 6.23. The summed E-state index contributed by atoms with van der Waals surface area (Å²) in [6.45, 7) is 7.47. The summed E-state index contributed by atoms with van der Waals surface area (Å²) in [6.07, 6.45) is 1.90. The lowest BCUT2D eigenvalue weighted by molar-refractivity contribution is 0.483. The van der Waals surface area contributed by atoms with Gasteiger partial charge in [-0.3, -0.25) is 4.40 Å². The Kier molecular flexibility index (Phi) is 6.86. The van der Waals surface area contributed by atoms with Gasteiger partial charge in [-0.05, 0) is 83.8 Å². The first-order valence-electron chi connectivity index (χ1n) is 20.0. The first-order chi connectivity index (χ1) is 28.4. The van der Waals surface area contributed by atoms with Crippen molar-refractivity contribution in [2.75, 3.05) is 16.5 Å². The minimum atomic E-state index is 0.102. The van der Waals surface area contributed by atoms with Gasteiger partial charge in [0.2, 0.25) is 0 Å². The van der Waals surface area contributed by atoms with E-state index in [-0.39, 0.29) is 5.41 Å². The Morgan fingerprint density at radius 2 is 1.09 bits per heavy atom. The fourth-order valence-corrected chi connectivity index (χ4v) is 9.41. The van der Waals surface area contributed by atoms with Crippen molar-refractivity contribution in [1.82, 2.24) is 13.8 Å². The van der Waals surface area contributed by atoms with Crippen LogP contribution in [0.2, 0.25) is 0 Å². The molecule has 0 atom stereocenters. The molecule has 4 aromatic heterocycles. The third kappa shape index (κ3) is 4.75. The normalized spacial score (nSPS) is 13.3. The van der Waals surface area contributed by atoms with Crippen LogP contribution in [0.3, 0.4) is 0 Å². The van der Waals surface area contributed by atoms with E-state index in [1.54, 1.807) is 0 Å². The molecule has 0 saturated heterocycles. The average molecular weight is 750 g/mol. The van der Waals surface area contributed by atoms with E-state index in [9.17, 15) is 0 Å². The molecule has 7 aromatic carbocycles. The van der Waals surface area contributed by atoms with Crippen LogP contribution in [0.4, 0.5) is 22.7 Å². The molecule has 0 radical (unpaired) electrons. The maximum absolute atomic E-state index is 6.79. The van der Waals surface area contributed by atoms with Gasteiger partial charge >= 0.3 is 0 Å². The van der Waals surface area contributed by atoms with Gasteiger partial charge in [-0.1, -0.05) is 99.6 Å². The van der Waals surface area contributed by atoms with E-state index in [1.165, 1.54) is 49.8 Å². The van der Waals surface area contributed by atoms with E-state index in [2.05, 4.69) is 191 Å². The van der Waals surface area contributed by atoms with E-state index in [4.69, 9.17) is 9.72 Å². The Balaban J connectivity index is 0.999. The summed E-state index contributed by atoms with van der Waals surface area (Å²) in [5, 5.41) is 7.06. The molecule has 0 unspecified atom stereocenters. The molecule has 5 heterocycles. The Morgan fingerprint density at radius 3 is 1.90 bits per heavy atom. The molecule has 1 aliphatic heterocycles. The number of nitrogens with zero attached hydrogens (tertiary/aromatic N) is 5. The molecular formula is C52H39N5O. The van der Waals surface area contributed by atoms with Crippen molar-refractivity contribution in [3.05, 3.63) is 176 Å². The van der Waals surface area contributed by atoms with Crippen LogP contribution in [0.1, 0.15) is 26.3 Å². The SMILES string of the molecule is CC(C)(C)c1ccc(N2CN(c3cccc(Oc4ccc5c6cccc7c6n(c5c4)c4ncccc4c4cccc5c6ccccc6n7c54)c3)c3ccccc32)cc1.